The molecular formula is C16H13Cl2FN2OS. The molecule has 1 aromatic heterocycles. The summed E-state index contributed by atoms with van der Waals surface area (Å²) in [4.78, 5) is 4.24. The molecule has 0 aliphatic carbocycles. The van der Waals surface area contributed by atoms with E-state index in [1.54, 1.807) is 6.92 Å². The zero-order valence-electron chi connectivity index (χ0n) is 12.4. The Morgan fingerprint density at radius 2 is 2.04 bits per heavy atom. The molecule has 3 nitrogen and oxygen atoms in total. The van der Waals surface area contributed by atoms with Crippen LogP contribution in [0.25, 0.3) is 10.2 Å². The van der Waals surface area contributed by atoms with Crippen molar-refractivity contribution in [2.24, 2.45) is 0 Å². The maximum atomic E-state index is 13.7. The van der Waals surface area contributed by atoms with Crippen LogP contribution in [-0.4, -0.2) is 4.98 Å². The number of aromatic nitrogens is 1. The van der Waals surface area contributed by atoms with Crippen LogP contribution in [0.4, 0.5) is 9.52 Å². The Hall–Kier alpha value is -1.56. The summed E-state index contributed by atoms with van der Waals surface area (Å²) in [5.41, 5.74) is 7.88. The Morgan fingerprint density at radius 3 is 2.78 bits per heavy atom. The number of aryl methyl sites for hydroxylation is 1. The molecule has 120 valence electrons. The van der Waals surface area contributed by atoms with Gasteiger partial charge in [-0.15, -0.1) is 0 Å². The van der Waals surface area contributed by atoms with Gasteiger partial charge in [-0.1, -0.05) is 34.5 Å². The van der Waals surface area contributed by atoms with Crippen LogP contribution in [0.2, 0.25) is 10.0 Å². The fraction of sp³-hybridized carbons (Fsp3) is 0.188. The first-order chi connectivity index (χ1) is 10.9. The van der Waals surface area contributed by atoms with E-state index >= 15 is 0 Å². The van der Waals surface area contributed by atoms with Gasteiger partial charge in [-0.05, 0) is 43.7 Å². The lowest BCUT2D eigenvalue weighted by molar-refractivity contribution is 0.225. The van der Waals surface area contributed by atoms with Crippen LogP contribution in [0.15, 0.2) is 24.3 Å². The molecule has 0 fully saturated rings. The summed E-state index contributed by atoms with van der Waals surface area (Å²) in [5.74, 6) is 0.133. The molecule has 3 aromatic rings. The van der Waals surface area contributed by atoms with Crippen molar-refractivity contribution in [1.82, 2.24) is 4.98 Å². The summed E-state index contributed by atoms with van der Waals surface area (Å²) < 4.78 is 20.6. The van der Waals surface area contributed by atoms with Gasteiger partial charge in [0.15, 0.2) is 5.13 Å². The van der Waals surface area contributed by atoms with Crippen molar-refractivity contribution in [1.29, 1.82) is 0 Å². The predicted octanol–water partition coefficient (Wildman–Crippen LogP) is 5.77. The number of nitrogens with zero attached hydrogens (tertiary/aromatic N) is 1. The topological polar surface area (TPSA) is 48.1 Å². The predicted molar refractivity (Wildman–Crippen MR) is 94.2 cm³/mol. The molecular weight excluding hydrogens is 358 g/mol. The van der Waals surface area contributed by atoms with Gasteiger partial charge in [0, 0.05) is 10.6 Å². The monoisotopic (exact) mass is 370 g/mol. The summed E-state index contributed by atoms with van der Waals surface area (Å²) in [5, 5.41) is 0.844. The zero-order valence-corrected chi connectivity index (χ0v) is 14.7. The lowest BCUT2D eigenvalue weighted by Crippen LogP contribution is -2.06. The Kier molecular flexibility index (Phi) is 4.36. The van der Waals surface area contributed by atoms with Gasteiger partial charge in [0.05, 0.1) is 15.2 Å². The van der Waals surface area contributed by atoms with E-state index in [4.69, 9.17) is 33.7 Å². The van der Waals surface area contributed by atoms with E-state index < -0.39 is 11.9 Å². The Labute approximate surface area is 146 Å². The van der Waals surface area contributed by atoms with E-state index in [9.17, 15) is 4.39 Å². The van der Waals surface area contributed by atoms with E-state index in [1.807, 2.05) is 19.1 Å². The van der Waals surface area contributed by atoms with E-state index in [-0.39, 0.29) is 5.02 Å². The normalized spacial score (nSPS) is 12.6. The van der Waals surface area contributed by atoms with Crippen LogP contribution in [-0.2, 0) is 0 Å². The van der Waals surface area contributed by atoms with Gasteiger partial charge in [-0.3, -0.25) is 0 Å². The molecule has 0 radical (unpaired) electrons. The molecule has 0 aliphatic rings. The fourth-order valence-corrected chi connectivity index (χ4v) is 3.79. The minimum Gasteiger partial charge on any atom is -0.486 e. The van der Waals surface area contributed by atoms with E-state index in [0.29, 0.717) is 21.5 Å². The van der Waals surface area contributed by atoms with Gasteiger partial charge >= 0.3 is 0 Å². The Balaban J connectivity index is 1.98. The smallest absolute Gasteiger partial charge is 0.181 e. The van der Waals surface area contributed by atoms with Crippen molar-refractivity contribution >= 4 is 49.9 Å². The third kappa shape index (κ3) is 3.09. The van der Waals surface area contributed by atoms with E-state index in [1.165, 1.54) is 23.5 Å². The lowest BCUT2D eigenvalue weighted by atomic mass is 10.1. The minimum absolute atomic E-state index is 0.0224. The molecule has 23 heavy (non-hydrogen) atoms. The number of ether oxygens (including phenoxy) is 1. The van der Waals surface area contributed by atoms with Crippen molar-refractivity contribution in [2.45, 2.75) is 20.0 Å². The Morgan fingerprint density at radius 1 is 1.30 bits per heavy atom. The number of halogens is 3. The molecule has 0 saturated heterocycles. The second-order valence-corrected chi connectivity index (χ2v) is 7.00. The number of rotatable bonds is 3. The largest absolute Gasteiger partial charge is 0.486 e. The fourth-order valence-electron chi connectivity index (χ4n) is 2.37. The van der Waals surface area contributed by atoms with Crippen molar-refractivity contribution in [3.05, 3.63) is 51.3 Å². The number of benzene rings is 2. The average molecular weight is 371 g/mol. The van der Waals surface area contributed by atoms with Gasteiger partial charge in [0.25, 0.3) is 0 Å². The van der Waals surface area contributed by atoms with Gasteiger partial charge < -0.3 is 10.5 Å². The summed E-state index contributed by atoms with van der Waals surface area (Å²) in [6.07, 6.45) is -0.507. The van der Waals surface area contributed by atoms with Crippen LogP contribution < -0.4 is 10.5 Å². The molecule has 0 bridgehead atoms. The van der Waals surface area contributed by atoms with Gasteiger partial charge in [-0.2, -0.15) is 0 Å². The van der Waals surface area contributed by atoms with Gasteiger partial charge in [0.1, 0.15) is 17.7 Å². The highest BCUT2D eigenvalue weighted by molar-refractivity contribution is 7.22. The SMILES string of the molecule is Cc1cc2nc(N)sc2cc1OC(C)c1c(Cl)ccc(F)c1Cl. The quantitative estimate of drug-likeness (QED) is 0.595. The number of nitrogens with two attached hydrogens (primary N) is 1. The van der Waals surface area contributed by atoms with Crippen LogP contribution >= 0.6 is 34.5 Å². The molecule has 0 amide bonds. The molecule has 3 rings (SSSR count). The lowest BCUT2D eigenvalue weighted by Gasteiger charge is -2.19. The minimum atomic E-state index is -0.524. The molecule has 0 spiro atoms. The molecule has 2 aromatic carbocycles. The van der Waals surface area contributed by atoms with E-state index in [0.717, 1.165) is 15.8 Å². The molecule has 0 saturated carbocycles. The third-order valence-corrected chi connectivity index (χ3v) is 5.05. The van der Waals surface area contributed by atoms with Crippen LogP contribution in [0, 0.1) is 12.7 Å². The van der Waals surface area contributed by atoms with E-state index in [2.05, 4.69) is 4.98 Å². The number of fused-ring (bicyclic) bond motifs is 1. The second-order valence-electron chi connectivity index (χ2n) is 5.15. The van der Waals surface area contributed by atoms with Gasteiger partial charge in [0.2, 0.25) is 0 Å². The number of nitrogen functional groups attached to an aromatic ring is 1. The first kappa shape index (κ1) is 16.3. The van der Waals surface area contributed by atoms with Crippen LogP contribution in [0.3, 0.4) is 0 Å². The first-order valence-corrected chi connectivity index (χ1v) is 8.40. The zero-order chi connectivity index (χ0) is 16.7. The second kappa shape index (κ2) is 6.15. The van der Waals surface area contributed by atoms with Crippen molar-refractivity contribution in [3.8, 4) is 5.75 Å². The highest BCUT2D eigenvalue weighted by Crippen LogP contribution is 2.37. The van der Waals surface area contributed by atoms with Crippen molar-refractivity contribution in [3.63, 3.8) is 0 Å². The number of hydrogen-bond donors (Lipinski definition) is 1. The number of thiazole rings is 1. The first-order valence-electron chi connectivity index (χ1n) is 6.83. The third-order valence-electron chi connectivity index (χ3n) is 3.49. The summed E-state index contributed by atoms with van der Waals surface area (Å²) in [6.45, 7) is 3.68. The molecule has 0 aliphatic heterocycles. The average Bonchev–Trinajstić information content (AvgIpc) is 2.83. The molecule has 7 heteroatoms. The standard InChI is InChI=1S/C16H13Cl2FN2OS/c1-7-5-11-13(23-16(20)21-11)6-12(7)22-8(2)14-9(17)3-4-10(19)15(14)18/h3-6,8H,1-2H3,(H2,20,21). The maximum absolute atomic E-state index is 13.7. The highest BCUT2D eigenvalue weighted by atomic mass is 35.5. The van der Waals surface area contributed by atoms with Crippen molar-refractivity contribution < 1.29 is 9.13 Å². The number of anilines is 1. The van der Waals surface area contributed by atoms with Crippen LogP contribution in [0.5, 0.6) is 5.75 Å². The summed E-state index contributed by atoms with van der Waals surface area (Å²) in [6, 6.07) is 6.48. The van der Waals surface area contributed by atoms with Crippen molar-refractivity contribution in [2.75, 3.05) is 5.73 Å². The molecule has 1 unspecified atom stereocenters. The molecule has 1 atom stereocenters. The van der Waals surface area contributed by atoms with Gasteiger partial charge in [-0.25, -0.2) is 9.37 Å². The molecule has 1 heterocycles. The van der Waals surface area contributed by atoms with Crippen LogP contribution in [0.1, 0.15) is 24.2 Å². The Bertz CT molecular complexity index is 897. The highest BCUT2D eigenvalue weighted by Gasteiger charge is 2.19. The molecule has 2 N–H and O–H groups in total. The number of hydrogen-bond acceptors (Lipinski definition) is 4. The summed E-state index contributed by atoms with van der Waals surface area (Å²) in [7, 11) is 0. The maximum Gasteiger partial charge on any atom is 0.181 e. The summed E-state index contributed by atoms with van der Waals surface area (Å²) >= 11 is 13.6.